The van der Waals surface area contributed by atoms with Crippen LogP contribution in [0, 0.1) is 19.1 Å². The topological polar surface area (TPSA) is 0 Å². The van der Waals surface area contributed by atoms with Gasteiger partial charge in [-0.2, -0.15) is 0 Å². The fourth-order valence-corrected chi connectivity index (χ4v) is 1.09. The molecular formula is C11H14. The van der Waals surface area contributed by atoms with Crippen LogP contribution in [-0.2, 0) is 6.42 Å². The Kier molecular flexibility index (Phi) is 3.15. The lowest BCUT2D eigenvalue weighted by molar-refractivity contribution is 0.793. The normalized spacial score (nSPS) is 10.0. The zero-order valence-corrected chi connectivity index (χ0v) is 7.28. The molecule has 0 heteroatoms. The van der Waals surface area contributed by atoms with E-state index in [2.05, 4.69) is 26.0 Å². The fraction of sp³-hybridized carbons (Fsp3) is 0.455. The third-order valence-corrected chi connectivity index (χ3v) is 1.71. The Morgan fingerprint density at radius 2 is 2.18 bits per heavy atom. The first-order valence-electron chi connectivity index (χ1n) is 4.22. The second-order valence-electron chi connectivity index (χ2n) is 2.89. The van der Waals surface area contributed by atoms with Crippen molar-refractivity contribution in [3.63, 3.8) is 0 Å². The molecule has 0 atom stereocenters. The van der Waals surface area contributed by atoms with E-state index < -0.39 is 0 Å². The monoisotopic (exact) mass is 146 g/mol. The van der Waals surface area contributed by atoms with Crippen LogP contribution in [0.1, 0.15) is 30.9 Å². The van der Waals surface area contributed by atoms with Crippen molar-refractivity contribution in [1.29, 1.82) is 0 Å². The molecule has 0 N–H and O–H groups in total. The maximum atomic E-state index is 3.31. The largest absolute Gasteiger partial charge is 0.0654 e. The van der Waals surface area contributed by atoms with Gasteiger partial charge in [0.25, 0.3) is 0 Å². The highest BCUT2D eigenvalue weighted by Crippen LogP contribution is 2.05. The van der Waals surface area contributed by atoms with Gasteiger partial charge in [0.1, 0.15) is 0 Å². The van der Waals surface area contributed by atoms with Gasteiger partial charge in [-0.05, 0) is 43.0 Å². The highest BCUT2D eigenvalue weighted by Gasteiger charge is 1.91. The van der Waals surface area contributed by atoms with Crippen molar-refractivity contribution < 1.29 is 0 Å². The quantitative estimate of drug-likeness (QED) is 0.615. The molecule has 0 unspecified atom stereocenters. The Hall–Kier alpha value is -0.780. The molecule has 2 radical (unpaired) electrons. The van der Waals surface area contributed by atoms with E-state index in [1.807, 2.05) is 12.1 Å². The Balaban J connectivity index is 2.56. The van der Waals surface area contributed by atoms with Crippen molar-refractivity contribution in [3.8, 4) is 0 Å². The van der Waals surface area contributed by atoms with Gasteiger partial charge >= 0.3 is 0 Å². The van der Waals surface area contributed by atoms with Crippen molar-refractivity contribution in [3.05, 3.63) is 35.4 Å². The zero-order chi connectivity index (χ0) is 8.10. The van der Waals surface area contributed by atoms with Crippen LogP contribution in [0.4, 0.5) is 0 Å². The zero-order valence-electron chi connectivity index (χ0n) is 7.28. The van der Waals surface area contributed by atoms with Crippen LogP contribution in [0.2, 0.25) is 0 Å². The third kappa shape index (κ3) is 2.75. The number of hydrogen-bond acceptors (Lipinski definition) is 0. The maximum Gasteiger partial charge on any atom is -0.0117 e. The molecule has 0 saturated carbocycles. The lowest BCUT2D eigenvalue weighted by Gasteiger charge is -1.98. The van der Waals surface area contributed by atoms with Gasteiger partial charge in [-0.1, -0.05) is 25.5 Å². The van der Waals surface area contributed by atoms with Crippen LogP contribution in [0.15, 0.2) is 12.1 Å². The van der Waals surface area contributed by atoms with Crippen molar-refractivity contribution >= 4 is 0 Å². The summed E-state index contributed by atoms with van der Waals surface area (Å²) in [6, 6.07) is 10.4. The first-order valence-corrected chi connectivity index (χ1v) is 4.22. The molecule has 0 amide bonds. The van der Waals surface area contributed by atoms with Crippen molar-refractivity contribution in [2.45, 2.75) is 33.1 Å². The maximum absolute atomic E-state index is 3.31. The van der Waals surface area contributed by atoms with Gasteiger partial charge in [-0.25, -0.2) is 0 Å². The number of rotatable bonds is 3. The molecule has 11 heavy (non-hydrogen) atoms. The highest BCUT2D eigenvalue weighted by atomic mass is 14.0. The summed E-state index contributed by atoms with van der Waals surface area (Å²) >= 11 is 0. The van der Waals surface area contributed by atoms with Crippen LogP contribution >= 0.6 is 0 Å². The summed E-state index contributed by atoms with van der Waals surface area (Å²) < 4.78 is 0. The van der Waals surface area contributed by atoms with Gasteiger partial charge < -0.3 is 0 Å². The summed E-state index contributed by atoms with van der Waals surface area (Å²) in [5.41, 5.74) is 2.49. The molecule has 0 aliphatic rings. The number of hydrogen-bond donors (Lipinski definition) is 0. The molecule has 0 bridgehead atoms. The Morgan fingerprint density at radius 3 is 2.82 bits per heavy atom. The van der Waals surface area contributed by atoms with E-state index in [1.54, 1.807) is 0 Å². The molecule has 0 aliphatic carbocycles. The summed E-state index contributed by atoms with van der Waals surface area (Å²) in [6.45, 7) is 4.27. The Labute approximate surface area is 69.3 Å². The highest BCUT2D eigenvalue weighted by molar-refractivity contribution is 5.19. The molecule has 0 aromatic heterocycles. The first kappa shape index (κ1) is 8.32. The van der Waals surface area contributed by atoms with Gasteiger partial charge in [-0.15, -0.1) is 0 Å². The number of benzene rings is 1. The Morgan fingerprint density at radius 1 is 1.36 bits per heavy atom. The molecule has 0 aliphatic heterocycles. The molecule has 0 fully saturated rings. The first-order chi connectivity index (χ1) is 5.33. The van der Waals surface area contributed by atoms with Gasteiger partial charge in [0.05, 0.1) is 0 Å². The minimum Gasteiger partial charge on any atom is -0.0654 e. The molecule has 1 aromatic rings. The minimum absolute atomic E-state index is 1.15. The summed E-state index contributed by atoms with van der Waals surface area (Å²) in [7, 11) is 0. The summed E-state index contributed by atoms with van der Waals surface area (Å²) in [6.07, 6.45) is 3.66. The fourth-order valence-electron chi connectivity index (χ4n) is 1.09. The van der Waals surface area contributed by atoms with Crippen molar-refractivity contribution in [2.24, 2.45) is 0 Å². The SMILES string of the molecule is CCCCc1[c]c(C)c[c]c1. The van der Waals surface area contributed by atoms with Crippen LogP contribution in [-0.4, -0.2) is 0 Å². The second-order valence-corrected chi connectivity index (χ2v) is 2.89. The van der Waals surface area contributed by atoms with Crippen LogP contribution in [0.5, 0.6) is 0 Å². The predicted molar refractivity (Wildman–Crippen MR) is 47.5 cm³/mol. The molecule has 1 rings (SSSR count). The molecule has 0 heterocycles. The molecule has 0 spiro atoms. The van der Waals surface area contributed by atoms with E-state index in [0.717, 1.165) is 6.42 Å². The van der Waals surface area contributed by atoms with Crippen LogP contribution < -0.4 is 0 Å². The van der Waals surface area contributed by atoms with E-state index in [-0.39, 0.29) is 0 Å². The number of aryl methyl sites for hydroxylation is 2. The average molecular weight is 146 g/mol. The van der Waals surface area contributed by atoms with Crippen molar-refractivity contribution in [2.75, 3.05) is 0 Å². The number of unbranched alkanes of at least 4 members (excludes halogenated alkanes) is 1. The van der Waals surface area contributed by atoms with E-state index in [0.29, 0.717) is 0 Å². The minimum atomic E-state index is 1.15. The van der Waals surface area contributed by atoms with Crippen molar-refractivity contribution in [1.82, 2.24) is 0 Å². The Bertz CT molecular complexity index is 213. The predicted octanol–water partition coefficient (Wildman–Crippen LogP) is 2.94. The van der Waals surface area contributed by atoms with Gasteiger partial charge in [0, 0.05) is 0 Å². The summed E-state index contributed by atoms with van der Waals surface area (Å²) in [4.78, 5) is 0. The van der Waals surface area contributed by atoms with Gasteiger partial charge in [0.15, 0.2) is 0 Å². The third-order valence-electron chi connectivity index (χ3n) is 1.71. The summed E-state index contributed by atoms with van der Waals surface area (Å²) in [5, 5.41) is 0. The van der Waals surface area contributed by atoms with Gasteiger partial charge in [-0.3, -0.25) is 0 Å². The standard InChI is InChI=1S/C11H14/c1-3-4-7-11-8-5-6-10(2)9-11/h6,8H,3-4,7H2,1-2H3. The van der Waals surface area contributed by atoms with E-state index in [1.165, 1.54) is 24.0 Å². The molecular weight excluding hydrogens is 132 g/mol. The van der Waals surface area contributed by atoms with Crippen LogP contribution in [0.3, 0.4) is 0 Å². The average Bonchev–Trinajstić information content (AvgIpc) is 2.01. The van der Waals surface area contributed by atoms with E-state index in [4.69, 9.17) is 0 Å². The summed E-state index contributed by atoms with van der Waals surface area (Å²) in [5.74, 6) is 0. The lowest BCUT2D eigenvalue weighted by Crippen LogP contribution is -1.85. The second kappa shape index (κ2) is 4.17. The van der Waals surface area contributed by atoms with Crippen LogP contribution in [0.25, 0.3) is 0 Å². The smallest absolute Gasteiger partial charge is 0.0117 e. The lowest BCUT2D eigenvalue weighted by atomic mass is 10.1. The van der Waals surface area contributed by atoms with E-state index in [9.17, 15) is 0 Å². The molecule has 58 valence electrons. The van der Waals surface area contributed by atoms with Gasteiger partial charge in [0.2, 0.25) is 0 Å². The molecule has 0 saturated heterocycles. The van der Waals surface area contributed by atoms with E-state index >= 15 is 0 Å². The molecule has 0 nitrogen and oxygen atoms in total. The molecule has 1 aromatic carbocycles.